The minimum absolute atomic E-state index is 0.209. The van der Waals surface area contributed by atoms with Crippen molar-refractivity contribution in [1.29, 1.82) is 0 Å². The van der Waals surface area contributed by atoms with Gasteiger partial charge in [-0.25, -0.2) is 0 Å². The summed E-state index contributed by atoms with van der Waals surface area (Å²) >= 11 is 0. The van der Waals surface area contributed by atoms with E-state index in [-0.39, 0.29) is 10.8 Å². The van der Waals surface area contributed by atoms with Crippen molar-refractivity contribution in [3.8, 4) is 55.6 Å². The van der Waals surface area contributed by atoms with Crippen molar-refractivity contribution in [2.45, 2.75) is 38.5 Å². The van der Waals surface area contributed by atoms with Crippen molar-refractivity contribution in [1.82, 2.24) is 0 Å². The summed E-state index contributed by atoms with van der Waals surface area (Å²) in [5.41, 5.74) is 19.8. The Bertz CT molecular complexity index is 4000. The summed E-state index contributed by atoms with van der Waals surface area (Å²) in [4.78, 5) is 0. The normalized spacial score (nSPS) is 14.4. The molecule has 0 fully saturated rings. The molecule has 0 aliphatic heterocycles. The molecule has 1 nitrogen and oxygen atoms in total. The number of furan rings is 1. The number of hydrogen-bond acceptors (Lipinski definition) is 1. The number of fused-ring (bicyclic) bond motifs is 16. The molecule has 306 valence electrons. The van der Waals surface area contributed by atoms with Crippen LogP contribution in [0, 0.1) is 0 Å². The fourth-order valence-corrected chi connectivity index (χ4v) is 12.4. The van der Waals surface area contributed by atoms with E-state index in [1.54, 1.807) is 0 Å². The number of para-hydroxylation sites is 1. The minimum atomic E-state index is -0.231. The second kappa shape index (κ2) is 12.9. The van der Waals surface area contributed by atoms with Crippen LogP contribution in [-0.4, -0.2) is 0 Å². The van der Waals surface area contributed by atoms with E-state index in [1.807, 2.05) is 0 Å². The molecule has 0 atom stereocenters. The maximum atomic E-state index is 6.81. The summed E-state index contributed by atoms with van der Waals surface area (Å²) in [6.07, 6.45) is 0. The Kier molecular flexibility index (Phi) is 7.30. The van der Waals surface area contributed by atoms with Crippen molar-refractivity contribution >= 4 is 65.0 Å². The molecule has 0 bridgehead atoms. The van der Waals surface area contributed by atoms with E-state index in [2.05, 4.69) is 222 Å². The summed E-state index contributed by atoms with van der Waals surface area (Å²) in [6.45, 7) is 9.56. The Morgan fingerprint density at radius 1 is 0.323 bits per heavy atom. The Hall–Kier alpha value is -7.74. The fourth-order valence-electron chi connectivity index (χ4n) is 12.4. The Balaban J connectivity index is 0.910. The van der Waals surface area contributed by atoms with Gasteiger partial charge >= 0.3 is 0 Å². The molecule has 2 aliphatic rings. The molecule has 0 saturated heterocycles. The first-order valence-electron chi connectivity index (χ1n) is 23.0. The molecule has 0 N–H and O–H groups in total. The highest BCUT2D eigenvalue weighted by Crippen LogP contribution is 2.57. The van der Waals surface area contributed by atoms with Gasteiger partial charge in [-0.1, -0.05) is 198 Å². The molecule has 2 aliphatic carbocycles. The molecule has 65 heavy (non-hydrogen) atoms. The minimum Gasteiger partial charge on any atom is -0.456 e. The lowest BCUT2D eigenvalue weighted by atomic mass is 9.79. The highest BCUT2D eigenvalue weighted by atomic mass is 16.3. The molecule has 0 radical (unpaired) electrons. The van der Waals surface area contributed by atoms with E-state index in [9.17, 15) is 0 Å². The topological polar surface area (TPSA) is 13.1 Å². The van der Waals surface area contributed by atoms with E-state index < -0.39 is 0 Å². The number of rotatable bonds is 3. The van der Waals surface area contributed by atoms with Crippen molar-refractivity contribution in [3.63, 3.8) is 0 Å². The van der Waals surface area contributed by atoms with Crippen LogP contribution in [0.5, 0.6) is 0 Å². The van der Waals surface area contributed by atoms with Gasteiger partial charge in [-0.3, -0.25) is 0 Å². The van der Waals surface area contributed by atoms with Gasteiger partial charge in [-0.2, -0.15) is 0 Å². The molecular formula is C64H44O. The van der Waals surface area contributed by atoms with Gasteiger partial charge in [0.15, 0.2) is 0 Å². The quantitative estimate of drug-likeness (QED) is 0.162. The van der Waals surface area contributed by atoms with E-state index in [0.29, 0.717) is 0 Å². The van der Waals surface area contributed by atoms with Crippen LogP contribution in [0.3, 0.4) is 0 Å². The highest BCUT2D eigenvalue weighted by molar-refractivity contribution is 6.26. The molecule has 0 amide bonds. The van der Waals surface area contributed by atoms with Crippen LogP contribution in [0.15, 0.2) is 199 Å². The molecule has 0 unspecified atom stereocenters. The van der Waals surface area contributed by atoms with Gasteiger partial charge in [-0.05, 0) is 140 Å². The molecular weight excluding hydrogens is 785 g/mol. The van der Waals surface area contributed by atoms with Crippen molar-refractivity contribution in [2.75, 3.05) is 0 Å². The van der Waals surface area contributed by atoms with Crippen LogP contribution in [0.1, 0.15) is 49.9 Å². The Morgan fingerprint density at radius 3 is 1.52 bits per heavy atom. The van der Waals surface area contributed by atoms with E-state index >= 15 is 0 Å². The van der Waals surface area contributed by atoms with Gasteiger partial charge < -0.3 is 4.42 Å². The average molecular weight is 829 g/mol. The Labute approximate surface area is 378 Å². The van der Waals surface area contributed by atoms with Crippen LogP contribution >= 0.6 is 0 Å². The van der Waals surface area contributed by atoms with Gasteiger partial charge in [0, 0.05) is 27.2 Å². The highest BCUT2D eigenvalue weighted by Gasteiger charge is 2.41. The second-order valence-corrected chi connectivity index (χ2v) is 19.5. The second-order valence-electron chi connectivity index (χ2n) is 19.5. The van der Waals surface area contributed by atoms with Crippen molar-refractivity contribution in [3.05, 3.63) is 216 Å². The first kappa shape index (κ1) is 36.7. The van der Waals surface area contributed by atoms with E-state index in [1.165, 1.54) is 132 Å². The zero-order valence-electron chi connectivity index (χ0n) is 36.9. The standard InChI is InChI=1S/C64H44O/c1-63(2)54-35-39(38-30-33-53-52(34-38)59-49-23-11-12-24-50(49)60-51-25-13-14-27-56(51)65-62(60)61(59)64(53,3)4)28-31-42(54)43-32-29-40(36-55(43)63)57-45-19-7-9-21-47(45)58(48-22-10-8-20-46(48)57)44-26-15-17-37-16-5-6-18-41(37)44/h5-36H,1-4H3. The van der Waals surface area contributed by atoms with Crippen LogP contribution in [0.2, 0.25) is 0 Å². The number of hydrogen-bond donors (Lipinski definition) is 0. The van der Waals surface area contributed by atoms with Gasteiger partial charge in [0.05, 0.1) is 0 Å². The summed E-state index contributed by atoms with van der Waals surface area (Å²) in [5, 5.41) is 12.6. The van der Waals surface area contributed by atoms with Gasteiger partial charge in [0.25, 0.3) is 0 Å². The van der Waals surface area contributed by atoms with Gasteiger partial charge in [0.1, 0.15) is 11.2 Å². The zero-order chi connectivity index (χ0) is 43.3. The predicted molar refractivity (Wildman–Crippen MR) is 275 cm³/mol. The zero-order valence-corrected chi connectivity index (χ0v) is 36.9. The maximum absolute atomic E-state index is 6.81. The molecule has 0 saturated carbocycles. The molecule has 14 rings (SSSR count). The first-order valence-corrected chi connectivity index (χ1v) is 23.0. The van der Waals surface area contributed by atoms with E-state index in [4.69, 9.17) is 4.42 Å². The molecule has 0 spiro atoms. The SMILES string of the molecule is CC1(C)c2cc(-c3ccc4c(c3)-c3c(c5oc6ccccc6c5c5ccccc35)C4(C)C)ccc2-c2ccc(-c3c4ccccc4c(-c4cccc5ccccc45)c4ccccc34)cc21. The monoisotopic (exact) mass is 828 g/mol. The lowest BCUT2D eigenvalue weighted by Gasteiger charge is -2.24. The van der Waals surface area contributed by atoms with Gasteiger partial charge in [0.2, 0.25) is 0 Å². The fraction of sp³-hybridized carbons (Fsp3) is 0.0938. The molecule has 11 aromatic carbocycles. The van der Waals surface area contributed by atoms with E-state index in [0.717, 1.165) is 11.2 Å². The molecule has 1 heteroatoms. The summed E-state index contributed by atoms with van der Waals surface area (Å²) in [7, 11) is 0. The maximum Gasteiger partial charge on any atom is 0.140 e. The average Bonchev–Trinajstić information content (AvgIpc) is 3.92. The molecule has 1 heterocycles. The van der Waals surface area contributed by atoms with Crippen LogP contribution in [-0.2, 0) is 10.8 Å². The van der Waals surface area contributed by atoms with Crippen molar-refractivity contribution in [2.24, 2.45) is 0 Å². The number of benzene rings is 11. The van der Waals surface area contributed by atoms with Crippen molar-refractivity contribution < 1.29 is 4.42 Å². The lowest BCUT2D eigenvalue weighted by molar-refractivity contribution is 0.620. The van der Waals surface area contributed by atoms with Gasteiger partial charge in [-0.15, -0.1) is 0 Å². The summed E-state index contributed by atoms with van der Waals surface area (Å²) < 4.78 is 6.81. The molecule has 12 aromatic rings. The molecule has 1 aromatic heterocycles. The third-order valence-electron chi connectivity index (χ3n) is 15.4. The summed E-state index contributed by atoms with van der Waals surface area (Å²) in [5.74, 6) is 0. The lowest BCUT2D eigenvalue weighted by Crippen LogP contribution is -2.15. The largest absolute Gasteiger partial charge is 0.456 e. The summed E-state index contributed by atoms with van der Waals surface area (Å²) in [6, 6.07) is 72.6. The van der Waals surface area contributed by atoms with Crippen LogP contribution in [0.4, 0.5) is 0 Å². The first-order chi connectivity index (χ1) is 31.8. The Morgan fingerprint density at radius 2 is 0.831 bits per heavy atom. The van der Waals surface area contributed by atoms with Crippen LogP contribution < -0.4 is 0 Å². The smallest absolute Gasteiger partial charge is 0.140 e. The van der Waals surface area contributed by atoms with Crippen LogP contribution in [0.25, 0.3) is 121 Å². The third-order valence-corrected chi connectivity index (χ3v) is 15.4. The third kappa shape index (κ3) is 4.88. The predicted octanol–water partition coefficient (Wildman–Crippen LogP) is 17.8.